The number of hydrogen-bond acceptors (Lipinski definition) is 4. The monoisotopic (exact) mass is 209 g/mol. The zero-order chi connectivity index (χ0) is 10.8. The number of carboxylic acids is 1. The average molecular weight is 209 g/mol. The van der Waals surface area contributed by atoms with E-state index < -0.39 is 12.0 Å². The van der Waals surface area contributed by atoms with Gasteiger partial charge in [0.05, 0.1) is 0 Å². The molecule has 1 aliphatic heterocycles. The van der Waals surface area contributed by atoms with Crippen LogP contribution in [-0.2, 0) is 4.79 Å². The largest absolute Gasteiger partial charge is 0.486 e. The minimum atomic E-state index is -1.06. The van der Waals surface area contributed by atoms with Gasteiger partial charge in [0.15, 0.2) is 11.5 Å². The van der Waals surface area contributed by atoms with Crippen molar-refractivity contribution in [2.75, 3.05) is 13.2 Å². The first-order chi connectivity index (χ1) is 7.18. The Balaban J connectivity index is 2.31. The Hall–Kier alpha value is -1.75. The summed E-state index contributed by atoms with van der Waals surface area (Å²) in [5.41, 5.74) is 5.98. The van der Waals surface area contributed by atoms with Gasteiger partial charge in [-0.1, -0.05) is 6.07 Å². The first-order valence-corrected chi connectivity index (χ1v) is 4.56. The number of aliphatic carboxylic acids is 1. The topological polar surface area (TPSA) is 81.8 Å². The Kier molecular flexibility index (Phi) is 2.47. The lowest BCUT2D eigenvalue weighted by atomic mass is 10.1. The summed E-state index contributed by atoms with van der Waals surface area (Å²) in [5.74, 6) is 0.115. The lowest BCUT2D eigenvalue weighted by Crippen LogP contribution is -2.21. The van der Waals surface area contributed by atoms with Gasteiger partial charge in [-0.05, 0) is 17.7 Å². The molecule has 0 fully saturated rings. The molecule has 0 saturated heterocycles. The van der Waals surface area contributed by atoms with Gasteiger partial charge in [-0.25, -0.2) is 0 Å². The molecular formula is C10H11NO4. The van der Waals surface area contributed by atoms with Crippen molar-refractivity contribution in [1.29, 1.82) is 0 Å². The number of benzene rings is 1. The SMILES string of the molecule is NC(C(=O)O)c1ccc2c(c1)OCCO2. The molecule has 1 aliphatic rings. The summed E-state index contributed by atoms with van der Waals surface area (Å²) in [4.78, 5) is 10.7. The molecule has 1 heterocycles. The Morgan fingerprint density at radius 3 is 2.67 bits per heavy atom. The maximum atomic E-state index is 10.7. The number of fused-ring (bicyclic) bond motifs is 1. The van der Waals surface area contributed by atoms with Crippen LogP contribution in [0.3, 0.4) is 0 Å². The van der Waals surface area contributed by atoms with Crippen LogP contribution in [0.4, 0.5) is 0 Å². The van der Waals surface area contributed by atoms with Crippen molar-refractivity contribution in [3.63, 3.8) is 0 Å². The van der Waals surface area contributed by atoms with Crippen LogP contribution >= 0.6 is 0 Å². The highest BCUT2D eigenvalue weighted by molar-refractivity contribution is 5.75. The minimum absolute atomic E-state index is 0.471. The van der Waals surface area contributed by atoms with Crippen LogP contribution in [0, 0.1) is 0 Å². The normalized spacial score (nSPS) is 15.8. The highest BCUT2D eigenvalue weighted by Gasteiger charge is 2.18. The molecule has 3 N–H and O–H groups in total. The second kappa shape index (κ2) is 3.78. The zero-order valence-electron chi connectivity index (χ0n) is 7.97. The lowest BCUT2D eigenvalue weighted by Gasteiger charge is -2.19. The average Bonchev–Trinajstić information content (AvgIpc) is 2.27. The molecule has 15 heavy (non-hydrogen) atoms. The number of carboxylic acid groups (broad SMARTS) is 1. The minimum Gasteiger partial charge on any atom is -0.486 e. The Morgan fingerprint density at radius 2 is 2.00 bits per heavy atom. The molecule has 80 valence electrons. The first kappa shape index (κ1) is 9.79. The highest BCUT2D eigenvalue weighted by atomic mass is 16.6. The third-order valence-corrected chi connectivity index (χ3v) is 2.19. The van der Waals surface area contributed by atoms with E-state index in [4.69, 9.17) is 20.3 Å². The van der Waals surface area contributed by atoms with Gasteiger partial charge in [0.25, 0.3) is 0 Å². The highest BCUT2D eigenvalue weighted by Crippen LogP contribution is 2.32. The summed E-state index contributed by atoms with van der Waals surface area (Å²) in [6.45, 7) is 0.982. The molecule has 0 bridgehead atoms. The van der Waals surface area contributed by atoms with E-state index in [1.54, 1.807) is 18.2 Å². The van der Waals surface area contributed by atoms with Gasteiger partial charge in [-0.15, -0.1) is 0 Å². The predicted molar refractivity (Wildman–Crippen MR) is 52.0 cm³/mol. The molecule has 5 heteroatoms. The molecule has 2 rings (SSSR count). The summed E-state index contributed by atoms with van der Waals surface area (Å²) in [7, 11) is 0. The number of nitrogens with two attached hydrogens (primary N) is 1. The van der Waals surface area contributed by atoms with Crippen LogP contribution in [0.1, 0.15) is 11.6 Å². The summed E-state index contributed by atoms with van der Waals surface area (Å²) in [5, 5.41) is 8.74. The van der Waals surface area contributed by atoms with Crippen LogP contribution in [-0.4, -0.2) is 24.3 Å². The molecule has 0 radical (unpaired) electrons. The number of hydrogen-bond donors (Lipinski definition) is 2. The summed E-state index contributed by atoms with van der Waals surface area (Å²) < 4.78 is 10.6. The lowest BCUT2D eigenvalue weighted by molar-refractivity contribution is -0.138. The quantitative estimate of drug-likeness (QED) is 0.743. The van der Waals surface area contributed by atoms with Crippen LogP contribution in [0.2, 0.25) is 0 Å². The van der Waals surface area contributed by atoms with Gasteiger partial charge in [-0.2, -0.15) is 0 Å². The summed E-state index contributed by atoms with van der Waals surface area (Å²) in [6, 6.07) is 3.88. The van der Waals surface area contributed by atoms with E-state index in [0.717, 1.165) is 0 Å². The van der Waals surface area contributed by atoms with E-state index in [2.05, 4.69) is 0 Å². The number of carbonyl (C=O) groups is 1. The maximum Gasteiger partial charge on any atom is 0.325 e. The van der Waals surface area contributed by atoms with E-state index in [-0.39, 0.29) is 0 Å². The maximum absolute atomic E-state index is 10.7. The van der Waals surface area contributed by atoms with Crippen LogP contribution in [0.15, 0.2) is 18.2 Å². The molecule has 0 saturated carbocycles. The third kappa shape index (κ3) is 1.87. The standard InChI is InChI=1S/C10H11NO4/c11-9(10(12)13)6-1-2-7-8(5-6)15-4-3-14-7/h1-2,5,9H,3-4,11H2,(H,12,13). The van der Waals surface area contributed by atoms with Crippen LogP contribution < -0.4 is 15.2 Å². The Bertz CT molecular complexity index is 391. The van der Waals surface area contributed by atoms with E-state index >= 15 is 0 Å². The molecule has 0 aliphatic carbocycles. The van der Waals surface area contributed by atoms with Crippen molar-refractivity contribution in [2.24, 2.45) is 5.73 Å². The molecule has 1 aromatic carbocycles. The molecule has 0 amide bonds. The second-order valence-electron chi connectivity index (χ2n) is 3.22. The van der Waals surface area contributed by atoms with Crippen molar-refractivity contribution in [3.8, 4) is 11.5 Å². The second-order valence-corrected chi connectivity index (χ2v) is 3.22. The van der Waals surface area contributed by atoms with Crippen molar-refractivity contribution >= 4 is 5.97 Å². The fraction of sp³-hybridized carbons (Fsp3) is 0.300. The molecule has 0 spiro atoms. The Labute approximate surface area is 86.4 Å². The van der Waals surface area contributed by atoms with Crippen molar-refractivity contribution in [1.82, 2.24) is 0 Å². The number of rotatable bonds is 2. The van der Waals surface area contributed by atoms with E-state index in [0.29, 0.717) is 30.3 Å². The summed E-state index contributed by atoms with van der Waals surface area (Å²) in [6.07, 6.45) is 0. The van der Waals surface area contributed by atoms with Gasteiger partial charge in [0, 0.05) is 0 Å². The smallest absolute Gasteiger partial charge is 0.325 e. The third-order valence-electron chi connectivity index (χ3n) is 2.19. The molecular weight excluding hydrogens is 198 g/mol. The van der Waals surface area contributed by atoms with Gasteiger partial charge < -0.3 is 20.3 Å². The van der Waals surface area contributed by atoms with Crippen molar-refractivity contribution < 1.29 is 19.4 Å². The van der Waals surface area contributed by atoms with Gasteiger partial charge in [0.1, 0.15) is 19.3 Å². The predicted octanol–water partition coefficient (Wildman–Crippen LogP) is 0.542. The fourth-order valence-corrected chi connectivity index (χ4v) is 1.40. The molecule has 1 aromatic rings. The molecule has 5 nitrogen and oxygen atoms in total. The van der Waals surface area contributed by atoms with Crippen LogP contribution in [0.5, 0.6) is 11.5 Å². The van der Waals surface area contributed by atoms with Gasteiger partial charge in [0.2, 0.25) is 0 Å². The van der Waals surface area contributed by atoms with Gasteiger partial charge >= 0.3 is 5.97 Å². The fourth-order valence-electron chi connectivity index (χ4n) is 1.40. The zero-order valence-corrected chi connectivity index (χ0v) is 7.97. The van der Waals surface area contributed by atoms with Crippen LogP contribution in [0.25, 0.3) is 0 Å². The van der Waals surface area contributed by atoms with Crippen molar-refractivity contribution in [3.05, 3.63) is 23.8 Å². The van der Waals surface area contributed by atoms with E-state index in [1.165, 1.54) is 0 Å². The van der Waals surface area contributed by atoms with E-state index in [9.17, 15) is 4.79 Å². The molecule has 0 aromatic heterocycles. The number of ether oxygens (including phenoxy) is 2. The molecule has 1 atom stereocenters. The first-order valence-electron chi connectivity index (χ1n) is 4.56. The van der Waals surface area contributed by atoms with Crippen molar-refractivity contribution in [2.45, 2.75) is 6.04 Å². The summed E-state index contributed by atoms with van der Waals surface area (Å²) >= 11 is 0. The Morgan fingerprint density at radius 1 is 1.33 bits per heavy atom. The van der Waals surface area contributed by atoms with E-state index in [1.807, 2.05) is 0 Å². The van der Waals surface area contributed by atoms with Gasteiger partial charge in [-0.3, -0.25) is 4.79 Å². The molecule has 1 unspecified atom stereocenters.